The Balaban J connectivity index is 2.16. The second kappa shape index (κ2) is 8.78. The number of hydrogen-bond acceptors (Lipinski definition) is 1. The standard InChI is InChI=1S/C21H22O/c1-2-3-14-20(17-19-12-8-5-9-13-19)21(22)16-15-18-10-6-4-7-11-18/h4-13,15-17H,2-3,14H2,1H3. The quantitative estimate of drug-likeness (QED) is 0.612. The normalized spacial score (nSPS) is 11.8. The fourth-order valence-corrected chi connectivity index (χ4v) is 2.23. The van der Waals surface area contributed by atoms with E-state index in [2.05, 4.69) is 6.92 Å². The van der Waals surface area contributed by atoms with E-state index in [-0.39, 0.29) is 5.78 Å². The van der Waals surface area contributed by atoms with E-state index in [9.17, 15) is 4.79 Å². The van der Waals surface area contributed by atoms with Gasteiger partial charge in [0.05, 0.1) is 0 Å². The first-order chi connectivity index (χ1) is 10.8. The Hall–Kier alpha value is -2.41. The highest BCUT2D eigenvalue weighted by molar-refractivity contribution is 6.09. The summed E-state index contributed by atoms with van der Waals surface area (Å²) in [4.78, 5) is 12.5. The Kier molecular flexibility index (Phi) is 6.38. The Morgan fingerprint density at radius 1 is 0.909 bits per heavy atom. The number of ketones is 1. The molecule has 112 valence electrons. The highest BCUT2D eigenvalue weighted by Gasteiger charge is 2.06. The number of carbonyl (C=O) groups is 1. The van der Waals surface area contributed by atoms with Crippen LogP contribution in [-0.2, 0) is 4.79 Å². The molecule has 0 radical (unpaired) electrons. The fourth-order valence-electron chi connectivity index (χ4n) is 2.23. The molecule has 0 aromatic heterocycles. The molecule has 0 bridgehead atoms. The molecule has 0 N–H and O–H groups in total. The summed E-state index contributed by atoms with van der Waals surface area (Å²) in [5.41, 5.74) is 3.00. The SMILES string of the molecule is CCCCC(=Cc1ccccc1)C(=O)C=Cc1ccccc1. The van der Waals surface area contributed by atoms with Crippen molar-refractivity contribution in [2.24, 2.45) is 0 Å². The Bertz CT molecular complexity index is 636. The van der Waals surface area contributed by atoms with Crippen molar-refractivity contribution in [3.63, 3.8) is 0 Å². The van der Waals surface area contributed by atoms with Gasteiger partial charge >= 0.3 is 0 Å². The van der Waals surface area contributed by atoms with E-state index in [1.54, 1.807) is 6.08 Å². The highest BCUT2D eigenvalue weighted by atomic mass is 16.1. The third-order valence-electron chi connectivity index (χ3n) is 3.48. The molecule has 0 atom stereocenters. The van der Waals surface area contributed by atoms with Crippen molar-refractivity contribution in [2.75, 3.05) is 0 Å². The predicted octanol–water partition coefficient (Wildman–Crippen LogP) is 5.54. The summed E-state index contributed by atoms with van der Waals surface area (Å²) >= 11 is 0. The van der Waals surface area contributed by atoms with Gasteiger partial charge in [-0.1, -0.05) is 80.1 Å². The lowest BCUT2D eigenvalue weighted by molar-refractivity contribution is -0.111. The van der Waals surface area contributed by atoms with Crippen molar-refractivity contribution >= 4 is 17.9 Å². The van der Waals surface area contributed by atoms with Gasteiger partial charge in [0.15, 0.2) is 5.78 Å². The summed E-state index contributed by atoms with van der Waals surface area (Å²) in [5.74, 6) is 0.0983. The molecule has 0 fully saturated rings. The minimum Gasteiger partial charge on any atom is -0.290 e. The summed E-state index contributed by atoms with van der Waals surface area (Å²) in [7, 11) is 0. The average Bonchev–Trinajstić information content (AvgIpc) is 2.58. The molecule has 0 saturated carbocycles. The van der Waals surface area contributed by atoms with Crippen LogP contribution in [-0.4, -0.2) is 5.78 Å². The molecule has 2 aromatic carbocycles. The lowest BCUT2D eigenvalue weighted by Crippen LogP contribution is -1.99. The summed E-state index contributed by atoms with van der Waals surface area (Å²) < 4.78 is 0. The first kappa shape index (κ1) is 16.0. The molecule has 0 unspecified atom stereocenters. The number of carbonyl (C=O) groups excluding carboxylic acids is 1. The number of benzene rings is 2. The minimum atomic E-state index is 0.0983. The van der Waals surface area contributed by atoms with Crippen molar-refractivity contribution in [1.29, 1.82) is 0 Å². The van der Waals surface area contributed by atoms with Crippen molar-refractivity contribution < 1.29 is 4.79 Å². The van der Waals surface area contributed by atoms with Crippen molar-refractivity contribution in [3.05, 3.63) is 83.4 Å². The third kappa shape index (κ3) is 5.17. The molecule has 1 heteroatoms. The molecule has 1 nitrogen and oxygen atoms in total. The van der Waals surface area contributed by atoms with Crippen LogP contribution in [0.5, 0.6) is 0 Å². The van der Waals surface area contributed by atoms with Crippen LogP contribution in [0.25, 0.3) is 12.2 Å². The maximum Gasteiger partial charge on any atom is 0.181 e. The minimum absolute atomic E-state index is 0.0983. The van der Waals surface area contributed by atoms with E-state index >= 15 is 0 Å². The monoisotopic (exact) mass is 290 g/mol. The molecule has 0 aliphatic carbocycles. The van der Waals surface area contributed by atoms with Gasteiger partial charge in [-0.2, -0.15) is 0 Å². The molecule has 0 aliphatic heterocycles. The van der Waals surface area contributed by atoms with Gasteiger partial charge in [0.2, 0.25) is 0 Å². The maximum absolute atomic E-state index is 12.5. The molecule has 2 rings (SSSR count). The van der Waals surface area contributed by atoms with E-state index < -0.39 is 0 Å². The first-order valence-corrected chi connectivity index (χ1v) is 7.82. The molecule has 0 aliphatic rings. The molecule has 22 heavy (non-hydrogen) atoms. The van der Waals surface area contributed by atoms with Gasteiger partial charge in [-0.25, -0.2) is 0 Å². The third-order valence-corrected chi connectivity index (χ3v) is 3.48. The molecule has 2 aromatic rings. The number of unbranched alkanes of at least 4 members (excludes halogenated alkanes) is 1. The highest BCUT2D eigenvalue weighted by Crippen LogP contribution is 2.15. The topological polar surface area (TPSA) is 17.1 Å². The van der Waals surface area contributed by atoms with Gasteiger partial charge in [-0.3, -0.25) is 4.79 Å². The Morgan fingerprint density at radius 2 is 1.50 bits per heavy atom. The van der Waals surface area contributed by atoms with E-state index in [4.69, 9.17) is 0 Å². The molecular weight excluding hydrogens is 268 g/mol. The molecule has 0 spiro atoms. The van der Waals surface area contributed by atoms with Gasteiger partial charge in [0.1, 0.15) is 0 Å². The van der Waals surface area contributed by atoms with Gasteiger partial charge in [-0.05, 0) is 36.1 Å². The lowest BCUT2D eigenvalue weighted by Gasteiger charge is -2.04. The van der Waals surface area contributed by atoms with Gasteiger partial charge in [0, 0.05) is 5.57 Å². The smallest absolute Gasteiger partial charge is 0.181 e. The zero-order chi connectivity index (χ0) is 15.6. The predicted molar refractivity (Wildman–Crippen MR) is 94.4 cm³/mol. The molecular formula is C21H22O. The summed E-state index contributed by atoms with van der Waals surface area (Å²) in [6, 6.07) is 19.9. The zero-order valence-corrected chi connectivity index (χ0v) is 13.0. The van der Waals surface area contributed by atoms with Crippen LogP contribution in [0.2, 0.25) is 0 Å². The van der Waals surface area contributed by atoms with Crippen LogP contribution < -0.4 is 0 Å². The maximum atomic E-state index is 12.5. The van der Waals surface area contributed by atoms with Crippen molar-refractivity contribution in [1.82, 2.24) is 0 Å². The van der Waals surface area contributed by atoms with Crippen molar-refractivity contribution in [2.45, 2.75) is 26.2 Å². The van der Waals surface area contributed by atoms with Crippen molar-refractivity contribution in [3.8, 4) is 0 Å². The van der Waals surface area contributed by atoms with Gasteiger partial charge < -0.3 is 0 Å². The lowest BCUT2D eigenvalue weighted by atomic mass is 10.0. The fraction of sp³-hybridized carbons (Fsp3) is 0.190. The van der Waals surface area contributed by atoms with E-state index in [1.807, 2.05) is 72.8 Å². The molecule has 0 saturated heterocycles. The van der Waals surface area contributed by atoms with E-state index in [1.165, 1.54) is 0 Å². The second-order valence-electron chi connectivity index (χ2n) is 5.29. The van der Waals surface area contributed by atoms with Crippen LogP contribution in [0.4, 0.5) is 0 Å². The summed E-state index contributed by atoms with van der Waals surface area (Å²) in [6.45, 7) is 2.14. The Morgan fingerprint density at radius 3 is 2.09 bits per heavy atom. The van der Waals surface area contributed by atoms with Crippen LogP contribution in [0, 0.1) is 0 Å². The van der Waals surface area contributed by atoms with E-state index in [0.29, 0.717) is 0 Å². The van der Waals surface area contributed by atoms with Crippen LogP contribution in [0.3, 0.4) is 0 Å². The van der Waals surface area contributed by atoms with Gasteiger partial charge in [-0.15, -0.1) is 0 Å². The van der Waals surface area contributed by atoms with Crippen LogP contribution >= 0.6 is 0 Å². The van der Waals surface area contributed by atoms with Crippen LogP contribution in [0.1, 0.15) is 37.3 Å². The number of allylic oxidation sites excluding steroid dienone is 2. The second-order valence-corrected chi connectivity index (χ2v) is 5.29. The average molecular weight is 290 g/mol. The molecule has 0 amide bonds. The summed E-state index contributed by atoms with van der Waals surface area (Å²) in [5, 5.41) is 0. The summed E-state index contributed by atoms with van der Waals surface area (Å²) in [6.07, 6.45) is 8.51. The van der Waals surface area contributed by atoms with Crippen LogP contribution in [0.15, 0.2) is 72.3 Å². The first-order valence-electron chi connectivity index (χ1n) is 7.82. The zero-order valence-electron chi connectivity index (χ0n) is 13.0. The molecule has 0 heterocycles. The van der Waals surface area contributed by atoms with E-state index in [0.717, 1.165) is 36.0 Å². The van der Waals surface area contributed by atoms with Gasteiger partial charge in [0.25, 0.3) is 0 Å². The largest absolute Gasteiger partial charge is 0.290 e. The number of rotatable bonds is 7. The number of hydrogen-bond donors (Lipinski definition) is 0. The Labute approximate surface area is 133 Å².